The average molecular weight is 252 g/mol. The lowest BCUT2D eigenvalue weighted by atomic mass is 9.92. The van der Waals surface area contributed by atoms with Gasteiger partial charge in [0.25, 0.3) is 0 Å². The fraction of sp³-hybridized carbons (Fsp3) is 0.786. The van der Waals surface area contributed by atoms with Crippen LogP contribution >= 0.6 is 0 Å². The van der Waals surface area contributed by atoms with Gasteiger partial charge in [-0.3, -0.25) is 4.68 Å². The number of nitrogens with zero attached hydrogens (tertiary/aromatic N) is 2. The molecule has 1 atom stereocenters. The molecule has 0 amide bonds. The van der Waals surface area contributed by atoms with Crippen LogP contribution in [0.3, 0.4) is 0 Å². The van der Waals surface area contributed by atoms with Gasteiger partial charge in [-0.2, -0.15) is 5.10 Å². The molecule has 1 aliphatic rings. The Morgan fingerprint density at radius 2 is 2.22 bits per heavy atom. The highest BCUT2D eigenvalue weighted by Gasteiger charge is 2.44. The van der Waals surface area contributed by atoms with Crippen molar-refractivity contribution in [2.24, 2.45) is 5.92 Å². The second-order valence-electron chi connectivity index (χ2n) is 5.28. The third kappa shape index (κ3) is 2.75. The molecule has 1 aromatic rings. The summed E-state index contributed by atoms with van der Waals surface area (Å²) in [6, 6.07) is 2.12. The smallest absolute Gasteiger partial charge is 0.0962 e. The number of hydrogen-bond donors (Lipinski definition) is 1. The van der Waals surface area contributed by atoms with Crippen molar-refractivity contribution >= 4 is 0 Å². The number of aromatic nitrogens is 2. The number of hydrogen-bond acceptors (Lipinski definition) is 3. The maximum absolute atomic E-state index is 10.7. The lowest BCUT2D eigenvalue weighted by Gasteiger charge is -2.27. The molecule has 0 aromatic carbocycles. The van der Waals surface area contributed by atoms with Crippen LogP contribution in [-0.4, -0.2) is 34.2 Å². The summed E-state index contributed by atoms with van der Waals surface area (Å²) in [5.41, 5.74) is 1.51. The van der Waals surface area contributed by atoms with Crippen LogP contribution in [-0.2, 0) is 24.1 Å². The van der Waals surface area contributed by atoms with Crippen molar-refractivity contribution in [3.05, 3.63) is 17.5 Å². The third-order valence-corrected chi connectivity index (χ3v) is 3.79. The van der Waals surface area contributed by atoms with Gasteiger partial charge in [0.05, 0.1) is 17.9 Å². The molecule has 1 fully saturated rings. The van der Waals surface area contributed by atoms with Crippen molar-refractivity contribution in [2.75, 3.05) is 13.7 Å². The second-order valence-corrected chi connectivity index (χ2v) is 5.28. The van der Waals surface area contributed by atoms with Crippen LogP contribution in [0.2, 0.25) is 0 Å². The lowest BCUT2D eigenvalue weighted by molar-refractivity contribution is -0.0486. The van der Waals surface area contributed by atoms with Crippen LogP contribution in [0, 0.1) is 5.92 Å². The minimum Gasteiger partial charge on any atom is -0.387 e. The van der Waals surface area contributed by atoms with Gasteiger partial charge in [-0.15, -0.1) is 0 Å². The van der Waals surface area contributed by atoms with Crippen molar-refractivity contribution in [3.8, 4) is 0 Å². The fourth-order valence-corrected chi connectivity index (χ4v) is 2.60. The predicted octanol–water partition coefficient (Wildman–Crippen LogP) is 1.80. The number of methoxy groups -OCH3 is 1. The van der Waals surface area contributed by atoms with Gasteiger partial charge >= 0.3 is 0 Å². The molecule has 1 N–H and O–H groups in total. The van der Waals surface area contributed by atoms with Crippen molar-refractivity contribution < 1.29 is 9.84 Å². The molecule has 1 heterocycles. The van der Waals surface area contributed by atoms with Gasteiger partial charge in [0.2, 0.25) is 0 Å². The number of aliphatic hydroxyl groups is 1. The van der Waals surface area contributed by atoms with Gasteiger partial charge in [0.15, 0.2) is 0 Å². The molecule has 1 unspecified atom stereocenters. The molecule has 18 heavy (non-hydrogen) atoms. The van der Waals surface area contributed by atoms with Crippen molar-refractivity contribution in [1.82, 2.24) is 9.78 Å². The predicted molar refractivity (Wildman–Crippen MR) is 70.5 cm³/mol. The van der Waals surface area contributed by atoms with E-state index in [0.717, 1.165) is 37.2 Å². The van der Waals surface area contributed by atoms with E-state index in [4.69, 9.17) is 4.74 Å². The minimum atomic E-state index is -0.716. The Hall–Kier alpha value is -0.870. The zero-order chi connectivity index (χ0) is 13.2. The minimum absolute atomic E-state index is 0.391. The highest BCUT2D eigenvalue weighted by molar-refractivity contribution is 5.15. The van der Waals surface area contributed by atoms with Crippen LogP contribution in [0.25, 0.3) is 0 Å². The summed E-state index contributed by atoms with van der Waals surface area (Å²) in [6.07, 6.45) is 3.81. The van der Waals surface area contributed by atoms with E-state index in [1.54, 1.807) is 7.11 Å². The summed E-state index contributed by atoms with van der Waals surface area (Å²) in [4.78, 5) is 0. The number of rotatable bonds is 7. The topological polar surface area (TPSA) is 47.3 Å². The van der Waals surface area contributed by atoms with E-state index in [1.165, 1.54) is 0 Å². The van der Waals surface area contributed by atoms with Crippen LogP contribution in [0.15, 0.2) is 6.07 Å². The van der Waals surface area contributed by atoms with E-state index in [-0.39, 0.29) is 0 Å². The SMILES string of the molecule is CCc1cc(CC(O)(COC)C2CC2)n(CC)n1. The number of aryl methyl sites for hydroxylation is 2. The molecule has 0 spiro atoms. The maximum Gasteiger partial charge on any atom is 0.0962 e. The van der Waals surface area contributed by atoms with E-state index in [0.29, 0.717) is 18.9 Å². The molecule has 0 radical (unpaired) electrons. The summed E-state index contributed by atoms with van der Waals surface area (Å²) in [5.74, 6) is 0.391. The van der Waals surface area contributed by atoms with Crippen molar-refractivity contribution in [2.45, 2.75) is 51.7 Å². The molecule has 2 rings (SSSR count). The first-order valence-electron chi connectivity index (χ1n) is 6.89. The molecule has 0 aliphatic heterocycles. The molecular formula is C14H24N2O2. The molecule has 102 valence electrons. The molecule has 0 bridgehead atoms. The van der Waals surface area contributed by atoms with E-state index in [9.17, 15) is 5.11 Å². The zero-order valence-corrected chi connectivity index (χ0v) is 11.6. The number of ether oxygens (including phenoxy) is 1. The highest BCUT2D eigenvalue weighted by atomic mass is 16.5. The highest BCUT2D eigenvalue weighted by Crippen LogP contribution is 2.41. The van der Waals surface area contributed by atoms with Gasteiger partial charge < -0.3 is 9.84 Å². The Kier molecular flexibility index (Phi) is 4.07. The summed E-state index contributed by atoms with van der Waals surface area (Å²) in [6.45, 7) is 5.45. The first-order chi connectivity index (χ1) is 8.62. The largest absolute Gasteiger partial charge is 0.387 e. The van der Waals surface area contributed by atoms with Gasteiger partial charge in [0, 0.05) is 25.8 Å². The molecular weight excluding hydrogens is 228 g/mol. The Labute approximate surface area is 109 Å². The molecule has 1 aliphatic carbocycles. The quantitative estimate of drug-likeness (QED) is 0.805. The van der Waals surface area contributed by atoms with Gasteiger partial charge in [0.1, 0.15) is 0 Å². The van der Waals surface area contributed by atoms with Crippen molar-refractivity contribution in [1.29, 1.82) is 0 Å². The summed E-state index contributed by atoms with van der Waals surface area (Å²) in [5, 5.41) is 15.3. The fourth-order valence-electron chi connectivity index (χ4n) is 2.60. The lowest BCUT2D eigenvalue weighted by Crippen LogP contribution is -2.39. The van der Waals surface area contributed by atoms with Crippen LogP contribution in [0.4, 0.5) is 0 Å². The molecule has 1 saturated carbocycles. The summed E-state index contributed by atoms with van der Waals surface area (Å²) >= 11 is 0. The van der Waals surface area contributed by atoms with E-state index in [1.807, 2.05) is 4.68 Å². The second kappa shape index (κ2) is 5.41. The summed E-state index contributed by atoms with van der Waals surface area (Å²) < 4.78 is 7.21. The Morgan fingerprint density at radius 1 is 1.50 bits per heavy atom. The molecule has 0 saturated heterocycles. The van der Waals surface area contributed by atoms with Crippen LogP contribution in [0.5, 0.6) is 0 Å². The summed E-state index contributed by atoms with van der Waals surface area (Å²) in [7, 11) is 1.65. The first-order valence-corrected chi connectivity index (χ1v) is 6.89. The van der Waals surface area contributed by atoms with E-state index in [2.05, 4.69) is 25.0 Å². The Morgan fingerprint density at radius 3 is 2.72 bits per heavy atom. The third-order valence-electron chi connectivity index (χ3n) is 3.79. The van der Waals surface area contributed by atoms with Gasteiger partial charge in [-0.1, -0.05) is 6.92 Å². The monoisotopic (exact) mass is 252 g/mol. The molecule has 1 aromatic heterocycles. The zero-order valence-electron chi connectivity index (χ0n) is 11.6. The Bertz CT molecular complexity index is 398. The Balaban J connectivity index is 2.17. The van der Waals surface area contributed by atoms with Gasteiger partial charge in [-0.05, 0) is 38.2 Å². The van der Waals surface area contributed by atoms with Crippen LogP contribution < -0.4 is 0 Å². The van der Waals surface area contributed by atoms with Gasteiger partial charge in [-0.25, -0.2) is 0 Å². The van der Waals surface area contributed by atoms with Crippen LogP contribution in [0.1, 0.15) is 38.1 Å². The standard InChI is InChI=1S/C14H24N2O2/c1-4-12-8-13(16(5-2)15-12)9-14(17,10-18-3)11-6-7-11/h8,11,17H,4-7,9-10H2,1-3H3. The first kappa shape index (κ1) is 13.6. The maximum atomic E-state index is 10.7. The molecule has 4 heteroatoms. The van der Waals surface area contributed by atoms with E-state index < -0.39 is 5.60 Å². The van der Waals surface area contributed by atoms with Crippen molar-refractivity contribution in [3.63, 3.8) is 0 Å². The average Bonchev–Trinajstić information content (AvgIpc) is 3.13. The molecule has 4 nitrogen and oxygen atoms in total. The normalized spacial score (nSPS) is 18.9. The van der Waals surface area contributed by atoms with E-state index >= 15 is 0 Å².